The molecule has 0 aromatic carbocycles. The predicted octanol–water partition coefficient (Wildman–Crippen LogP) is -0.0290. The lowest BCUT2D eigenvalue weighted by Gasteiger charge is -2.38. The molecule has 1 heterocycles. The van der Waals surface area contributed by atoms with Crippen molar-refractivity contribution in [2.24, 2.45) is 5.73 Å². The third-order valence-electron chi connectivity index (χ3n) is 2.13. The Labute approximate surface area is 79.0 Å². The fraction of sp³-hybridized carbons (Fsp3) is 0.889. The first-order valence-corrected chi connectivity index (χ1v) is 4.61. The van der Waals surface area contributed by atoms with E-state index in [4.69, 9.17) is 10.5 Å². The number of carbonyl (C=O) groups is 1. The average molecular weight is 186 g/mol. The first-order valence-electron chi connectivity index (χ1n) is 4.61. The van der Waals surface area contributed by atoms with Crippen LogP contribution in [0.25, 0.3) is 0 Å². The van der Waals surface area contributed by atoms with Crippen LogP contribution >= 0.6 is 0 Å². The van der Waals surface area contributed by atoms with Gasteiger partial charge in [0.05, 0.1) is 18.2 Å². The van der Waals surface area contributed by atoms with E-state index >= 15 is 0 Å². The van der Waals surface area contributed by atoms with Crippen LogP contribution in [0.4, 0.5) is 0 Å². The van der Waals surface area contributed by atoms with Crippen molar-refractivity contribution in [3.05, 3.63) is 0 Å². The monoisotopic (exact) mass is 186 g/mol. The Morgan fingerprint density at radius 3 is 2.69 bits per heavy atom. The summed E-state index contributed by atoms with van der Waals surface area (Å²) in [5.74, 6) is 0.0105. The molecule has 13 heavy (non-hydrogen) atoms. The van der Waals surface area contributed by atoms with Crippen molar-refractivity contribution in [2.75, 3.05) is 19.7 Å². The van der Waals surface area contributed by atoms with Gasteiger partial charge in [-0.15, -0.1) is 0 Å². The van der Waals surface area contributed by atoms with E-state index in [0.717, 1.165) is 0 Å². The molecule has 2 N–H and O–H groups in total. The largest absolute Gasteiger partial charge is 0.372 e. The summed E-state index contributed by atoms with van der Waals surface area (Å²) in [6.07, 6.45) is 0. The minimum Gasteiger partial charge on any atom is -0.372 e. The molecule has 4 heteroatoms. The molecule has 76 valence electrons. The maximum atomic E-state index is 11.5. The SMILES string of the molecule is C[C@H](N)C(=O)N1CCOC(C)(C)C1. The molecule has 0 aromatic heterocycles. The summed E-state index contributed by atoms with van der Waals surface area (Å²) in [6, 6.07) is -0.408. The molecule has 1 amide bonds. The molecule has 1 aliphatic heterocycles. The van der Waals surface area contributed by atoms with E-state index in [9.17, 15) is 4.79 Å². The van der Waals surface area contributed by atoms with Crippen LogP contribution in [0, 0.1) is 0 Å². The first-order chi connectivity index (χ1) is 5.92. The van der Waals surface area contributed by atoms with Crippen LogP contribution in [0.3, 0.4) is 0 Å². The topological polar surface area (TPSA) is 55.6 Å². The maximum Gasteiger partial charge on any atom is 0.239 e. The molecule has 1 aliphatic rings. The van der Waals surface area contributed by atoms with E-state index < -0.39 is 6.04 Å². The van der Waals surface area contributed by atoms with Gasteiger partial charge < -0.3 is 15.4 Å². The molecular weight excluding hydrogens is 168 g/mol. The van der Waals surface area contributed by atoms with Crippen molar-refractivity contribution in [3.63, 3.8) is 0 Å². The molecule has 1 fully saturated rings. The molecule has 1 atom stereocenters. The summed E-state index contributed by atoms with van der Waals surface area (Å²) in [7, 11) is 0. The lowest BCUT2D eigenvalue weighted by Crippen LogP contribution is -2.54. The summed E-state index contributed by atoms with van der Waals surface area (Å²) in [5.41, 5.74) is 5.29. The zero-order valence-corrected chi connectivity index (χ0v) is 8.54. The minimum absolute atomic E-state index is 0.0105. The number of rotatable bonds is 1. The molecule has 0 aromatic rings. The molecule has 0 bridgehead atoms. The predicted molar refractivity (Wildman–Crippen MR) is 50.3 cm³/mol. The van der Waals surface area contributed by atoms with Crippen LogP contribution in [0.1, 0.15) is 20.8 Å². The van der Waals surface area contributed by atoms with E-state index in [2.05, 4.69) is 0 Å². The number of nitrogens with zero attached hydrogens (tertiary/aromatic N) is 1. The molecule has 1 saturated heterocycles. The van der Waals surface area contributed by atoms with E-state index in [1.807, 2.05) is 13.8 Å². The summed E-state index contributed by atoms with van der Waals surface area (Å²) in [6.45, 7) is 7.56. The van der Waals surface area contributed by atoms with Gasteiger partial charge in [0, 0.05) is 13.1 Å². The highest BCUT2D eigenvalue weighted by Gasteiger charge is 2.30. The Hall–Kier alpha value is -0.610. The van der Waals surface area contributed by atoms with Crippen molar-refractivity contribution >= 4 is 5.91 Å². The normalized spacial score (nSPS) is 24.2. The van der Waals surface area contributed by atoms with E-state index in [1.165, 1.54) is 0 Å². The maximum absolute atomic E-state index is 11.5. The van der Waals surface area contributed by atoms with Gasteiger partial charge >= 0.3 is 0 Å². The number of morpholine rings is 1. The van der Waals surface area contributed by atoms with Gasteiger partial charge in [-0.1, -0.05) is 0 Å². The highest BCUT2D eigenvalue weighted by atomic mass is 16.5. The number of carbonyl (C=O) groups excluding carboxylic acids is 1. The fourth-order valence-corrected chi connectivity index (χ4v) is 1.49. The lowest BCUT2D eigenvalue weighted by molar-refractivity contribution is -0.146. The van der Waals surface area contributed by atoms with Crippen LogP contribution in [0.2, 0.25) is 0 Å². The van der Waals surface area contributed by atoms with Crippen LogP contribution in [0.15, 0.2) is 0 Å². The van der Waals surface area contributed by atoms with Gasteiger partial charge in [0.15, 0.2) is 0 Å². The second-order valence-corrected chi connectivity index (χ2v) is 4.16. The Morgan fingerprint density at radius 2 is 2.23 bits per heavy atom. The Morgan fingerprint density at radius 1 is 1.62 bits per heavy atom. The molecular formula is C9H18N2O2. The number of amides is 1. The lowest BCUT2D eigenvalue weighted by atomic mass is 10.1. The summed E-state index contributed by atoms with van der Waals surface area (Å²) in [5, 5.41) is 0. The molecule has 1 rings (SSSR count). The summed E-state index contributed by atoms with van der Waals surface area (Å²) >= 11 is 0. The Bertz CT molecular complexity index is 202. The quantitative estimate of drug-likeness (QED) is 0.625. The van der Waals surface area contributed by atoms with Gasteiger partial charge in [-0.2, -0.15) is 0 Å². The van der Waals surface area contributed by atoms with Crippen molar-refractivity contribution in [2.45, 2.75) is 32.4 Å². The van der Waals surface area contributed by atoms with Gasteiger partial charge in [0.2, 0.25) is 5.91 Å². The number of hydrogen-bond donors (Lipinski definition) is 1. The highest BCUT2D eigenvalue weighted by molar-refractivity contribution is 5.81. The molecule has 0 aliphatic carbocycles. The zero-order valence-electron chi connectivity index (χ0n) is 8.54. The van der Waals surface area contributed by atoms with E-state index in [1.54, 1.807) is 11.8 Å². The molecule has 0 saturated carbocycles. The van der Waals surface area contributed by atoms with Gasteiger partial charge in [-0.05, 0) is 20.8 Å². The molecule has 0 unspecified atom stereocenters. The van der Waals surface area contributed by atoms with Gasteiger partial charge in [-0.3, -0.25) is 4.79 Å². The number of hydrogen-bond acceptors (Lipinski definition) is 3. The molecule has 0 radical (unpaired) electrons. The second-order valence-electron chi connectivity index (χ2n) is 4.16. The Balaban J connectivity index is 2.57. The second kappa shape index (κ2) is 3.64. The molecule has 4 nitrogen and oxygen atoms in total. The fourth-order valence-electron chi connectivity index (χ4n) is 1.49. The zero-order chi connectivity index (χ0) is 10.1. The third kappa shape index (κ3) is 2.67. The van der Waals surface area contributed by atoms with Crippen molar-refractivity contribution in [1.82, 2.24) is 4.90 Å². The van der Waals surface area contributed by atoms with Crippen LogP contribution < -0.4 is 5.73 Å². The van der Waals surface area contributed by atoms with Gasteiger partial charge in [-0.25, -0.2) is 0 Å². The standard InChI is InChI=1S/C9H18N2O2/c1-7(10)8(12)11-4-5-13-9(2,3)6-11/h7H,4-6,10H2,1-3H3/t7-/m0/s1. The summed E-state index contributed by atoms with van der Waals surface area (Å²) in [4.78, 5) is 13.3. The van der Waals surface area contributed by atoms with Crippen LogP contribution in [-0.4, -0.2) is 42.1 Å². The van der Waals surface area contributed by atoms with Crippen molar-refractivity contribution < 1.29 is 9.53 Å². The number of ether oxygens (including phenoxy) is 1. The van der Waals surface area contributed by atoms with Gasteiger partial charge in [0.25, 0.3) is 0 Å². The molecule has 0 spiro atoms. The number of nitrogens with two attached hydrogens (primary N) is 1. The van der Waals surface area contributed by atoms with Crippen LogP contribution in [-0.2, 0) is 9.53 Å². The highest BCUT2D eigenvalue weighted by Crippen LogP contribution is 2.16. The summed E-state index contributed by atoms with van der Waals surface area (Å²) < 4.78 is 5.49. The third-order valence-corrected chi connectivity index (χ3v) is 2.13. The Kier molecular flexibility index (Phi) is 2.93. The van der Waals surface area contributed by atoms with Crippen molar-refractivity contribution in [3.8, 4) is 0 Å². The minimum atomic E-state index is -0.408. The average Bonchev–Trinajstić information content (AvgIpc) is 2.01. The first kappa shape index (κ1) is 10.5. The van der Waals surface area contributed by atoms with Crippen molar-refractivity contribution in [1.29, 1.82) is 0 Å². The van der Waals surface area contributed by atoms with E-state index in [0.29, 0.717) is 19.7 Å². The van der Waals surface area contributed by atoms with Gasteiger partial charge in [0.1, 0.15) is 0 Å². The van der Waals surface area contributed by atoms with Crippen LogP contribution in [0.5, 0.6) is 0 Å². The smallest absolute Gasteiger partial charge is 0.239 e. The van der Waals surface area contributed by atoms with E-state index in [-0.39, 0.29) is 11.5 Å².